The predicted molar refractivity (Wildman–Crippen MR) is 108 cm³/mol. The first-order valence-corrected chi connectivity index (χ1v) is 9.49. The molecule has 0 fully saturated rings. The fourth-order valence-electron chi connectivity index (χ4n) is 2.46. The molecule has 0 N–H and O–H groups in total. The maximum Gasteiger partial charge on any atom is 0.343 e. The van der Waals surface area contributed by atoms with Crippen molar-refractivity contribution in [3.63, 3.8) is 0 Å². The van der Waals surface area contributed by atoms with Crippen molar-refractivity contribution in [3.8, 4) is 17.2 Å². The van der Waals surface area contributed by atoms with Gasteiger partial charge in [0.1, 0.15) is 23.9 Å². The van der Waals surface area contributed by atoms with E-state index in [0.29, 0.717) is 35.8 Å². The standard InChI is InChI=1S/C23H26O5/c1-3-5-6-7-8-22(24)27-20-13-15-21(16-14-20)28-23(25)18-9-11-19(12-10-18)26-17-4-2/h4,9-16H,2-3,5-8,17H2,1H3. The van der Waals surface area contributed by atoms with Gasteiger partial charge in [-0.1, -0.05) is 38.8 Å². The van der Waals surface area contributed by atoms with Gasteiger partial charge < -0.3 is 14.2 Å². The summed E-state index contributed by atoms with van der Waals surface area (Å²) in [5, 5.41) is 0. The van der Waals surface area contributed by atoms with Crippen molar-refractivity contribution in [3.05, 3.63) is 66.7 Å². The molecule has 0 aromatic heterocycles. The second-order valence-corrected chi connectivity index (χ2v) is 6.27. The van der Waals surface area contributed by atoms with E-state index in [2.05, 4.69) is 13.5 Å². The summed E-state index contributed by atoms with van der Waals surface area (Å²) in [4.78, 5) is 24.0. The quantitative estimate of drug-likeness (QED) is 0.227. The summed E-state index contributed by atoms with van der Waals surface area (Å²) >= 11 is 0. The van der Waals surface area contributed by atoms with Crippen LogP contribution in [0.15, 0.2) is 61.2 Å². The van der Waals surface area contributed by atoms with Crippen molar-refractivity contribution in [1.29, 1.82) is 0 Å². The van der Waals surface area contributed by atoms with Crippen molar-refractivity contribution < 1.29 is 23.8 Å². The number of hydrogen-bond acceptors (Lipinski definition) is 5. The van der Waals surface area contributed by atoms with E-state index in [1.54, 1.807) is 54.6 Å². The molecular weight excluding hydrogens is 356 g/mol. The second kappa shape index (κ2) is 11.6. The summed E-state index contributed by atoms with van der Waals surface area (Å²) in [6.07, 6.45) is 6.17. The summed E-state index contributed by atoms with van der Waals surface area (Å²) in [6, 6.07) is 13.1. The van der Waals surface area contributed by atoms with Gasteiger partial charge in [-0.25, -0.2) is 4.79 Å². The molecule has 0 radical (unpaired) electrons. The molecule has 0 aliphatic rings. The molecule has 0 heterocycles. The fourth-order valence-corrected chi connectivity index (χ4v) is 2.46. The van der Waals surface area contributed by atoms with Crippen molar-refractivity contribution in [2.75, 3.05) is 6.61 Å². The highest BCUT2D eigenvalue weighted by Crippen LogP contribution is 2.20. The Morgan fingerprint density at radius 2 is 1.46 bits per heavy atom. The van der Waals surface area contributed by atoms with Crippen molar-refractivity contribution in [2.24, 2.45) is 0 Å². The van der Waals surface area contributed by atoms with Crippen LogP contribution in [0.25, 0.3) is 0 Å². The van der Waals surface area contributed by atoms with Gasteiger partial charge in [-0.15, -0.1) is 0 Å². The minimum Gasteiger partial charge on any atom is -0.490 e. The van der Waals surface area contributed by atoms with Gasteiger partial charge in [0.05, 0.1) is 5.56 Å². The monoisotopic (exact) mass is 382 g/mol. The Kier molecular flexibility index (Phi) is 8.79. The molecule has 0 saturated heterocycles. The highest BCUT2D eigenvalue weighted by molar-refractivity contribution is 5.91. The molecule has 0 amide bonds. The van der Waals surface area contributed by atoms with E-state index in [0.717, 1.165) is 25.7 Å². The highest BCUT2D eigenvalue weighted by atomic mass is 16.5. The van der Waals surface area contributed by atoms with Crippen LogP contribution in [0.5, 0.6) is 17.2 Å². The summed E-state index contributed by atoms with van der Waals surface area (Å²) in [5.41, 5.74) is 0.411. The zero-order chi connectivity index (χ0) is 20.2. The summed E-state index contributed by atoms with van der Waals surface area (Å²) in [6.45, 7) is 6.11. The van der Waals surface area contributed by atoms with Crippen LogP contribution < -0.4 is 14.2 Å². The first kappa shape index (κ1) is 21.2. The SMILES string of the molecule is C=CCOc1ccc(C(=O)Oc2ccc(OC(=O)CCCCCC)cc2)cc1. The molecule has 5 heteroatoms. The molecule has 0 aliphatic heterocycles. The number of ether oxygens (including phenoxy) is 3. The first-order valence-electron chi connectivity index (χ1n) is 9.49. The van der Waals surface area contributed by atoms with Gasteiger partial charge in [0.25, 0.3) is 0 Å². The Hall–Kier alpha value is -3.08. The zero-order valence-electron chi connectivity index (χ0n) is 16.2. The lowest BCUT2D eigenvalue weighted by atomic mass is 10.1. The first-order chi connectivity index (χ1) is 13.6. The average Bonchev–Trinajstić information content (AvgIpc) is 2.71. The van der Waals surface area contributed by atoms with E-state index in [-0.39, 0.29) is 5.97 Å². The van der Waals surface area contributed by atoms with Gasteiger partial charge in [-0.2, -0.15) is 0 Å². The van der Waals surface area contributed by atoms with E-state index in [1.165, 1.54) is 0 Å². The van der Waals surface area contributed by atoms with Gasteiger partial charge in [0, 0.05) is 6.42 Å². The average molecular weight is 382 g/mol. The van der Waals surface area contributed by atoms with Crippen LogP contribution in [-0.2, 0) is 4.79 Å². The third-order valence-corrected chi connectivity index (χ3v) is 3.96. The summed E-state index contributed by atoms with van der Waals surface area (Å²) in [7, 11) is 0. The lowest BCUT2D eigenvalue weighted by molar-refractivity contribution is -0.134. The van der Waals surface area contributed by atoms with E-state index in [4.69, 9.17) is 14.2 Å². The number of rotatable bonds is 11. The molecule has 28 heavy (non-hydrogen) atoms. The van der Waals surface area contributed by atoms with Gasteiger partial charge in [-0.05, 0) is 55.0 Å². The van der Waals surface area contributed by atoms with Crippen molar-refractivity contribution >= 4 is 11.9 Å². The summed E-state index contributed by atoms with van der Waals surface area (Å²) in [5.74, 6) is 0.733. The largest absolute Gasteiger partial charge is 0.490 e. The Labute approximate surface area is 165 Å². The lowest BCUT2D eigenvalue weighted by Crippen LogP contribution is -2.09. The molecule has 5 nitrogen and oxygen atoms in total. The molecule has 0 bridgehead atoms. The van der Waals surface area contributed by atoms with E-state index >= 15 is 0 Å². The van der Waals surface area contributed by atoms with Gasteiger partial charge in [-0.3, -0.25) is 4.79 Å². The smallest absolute Gasteiger partial charge is 0.343 e. The van der Waals surface area contributed by atoms with Crippen LogP contribution in [0.3, 0.4) is 0 Å². The van der Waals surface area contributed by atoms with E-state index in [9.17, 15) is 9.59 Å². The van der Waals surface area contributed by atoms with Gasteiger partial charge in [0.2, 0.25) is 0 Å². The van der Waals surface area contributed by atoms with Crippen LogP contribution in [0.1, 0.15) is 49.4 Å². The minimum atomic E-state index is -0.476. The van der Waals surface area contributed by atoms with Crippen LogP contribution in [0.2, 0.25) is 0 Å². The summed E-state index contributed by atoms with van der Waals surface area (Å²) < 4.78 is 16.0. The Morgan fingerprint density at radius 3 is 2.07 bits per heavy atom. The predicted octanol–water partition coefficient (Wildman–Crippen LogP) is 5.35. The number of hydrogen-bond donors (Lipinski definition) is 0. The topological polar surface area (TPSA) is 61.8 Å². The van der Waals surface area contributed by atoms with Gasteiger partial charge >= 0.3 is 11.9 Å². The molecule has 2 aromatic carbocycles. The fraction of sp³-hybridized carbons (Fsp3) is 0.304. The van der Waals surface area contributed by atoms with Crippen molar-refractivity contribution in [2.45, 2.75) is 39.0 Å². The maximum atomic E-state index is 12.2. The molecule has 2 aromatic rings. The molecule has 148 valence electrons. The number of esters is 2. The molecule has 0 aliphatic carbocycles. The third-order valence-electron chi connectivity index (χ3n) is 3.96. The number of carbonyl (C=O) groups is 2. The maximum absolute atomic E-state index is 12.2. The van der Waals surface area contributed by atoms with Crippen LogP contribution in [-0.4, -0.2) is 18.5 Å². The third kappa shape index (κ3) is 7.27. The normalized spacial score (nSPS) is 10.2. The zero-order valence-corrected chi connectivity index (χ0v) is 16.2. The molecule has 0 atom stereocenters. The van der Waals surface area contributed by atoms with E-state index in [1.807, 2.05) is 0 Å². The molecule has 2 rings (SSSR count). The molecular formula is C23H26O5. The van der Waals surface area contributed by atoms with Crippen LogP contribution in [0.4, 0.5) is 0 Å². The molecule has 0 unspecified atom stereocenters. The Morgan fingerprint density at radius 1 is 0.857 bits per heavy atom. The van der Waals surface area contributed by atoms with Crippen molar-refractivity contribution in [1.82, 2.24) is 0 Å². The molecule has 0 saturated carbocycles. The second-order valence-electron chi connectivity index (χ2n) is 6.27. The lowest BCUT2D eigenvalue weighted by Gasteiger charge is -2.08. The van der Waals surface area contributed by atoms with Crippen LogP contribution >= 0.6 is 0 Å². The Balaban J connectivity index is 1.83. The van der Waals surface area contributed by atoms with Crippen LogP contribution in [0, 0.1) is 0 Å². The van der Waals surface area contributed by atoms with Gasteiger partial charge in [0.15, 0.2) is 0 Å². The number of benzene rings is 2. The van der Waals surface area contributed by atoms with E-state index < -0.39 is 5.97 Å². The minimum absolute atomic E-state index is 0.250. The Bertz CT molecular complexity index is 763. The highest BCUT2D eigenvalue weighted by Gasteiger charge is 2.10. The molecule has 0 spiro atoms. The number of carbonyl (C=O) groups excluding carboxylic acids is 2. The number of unbranched alkanes of at least 4 members (excludes halogenated alkanes) is 3.